The van der Waals surface area contributed by atoms with Gasteiger partial charge in [-0.15, -0.1) is 0 Å². The van der Waals surface area contributed by atoms with Crippen LogP contribution in [0.2, 0.25) is 5.02 Å². The van der Waals surface area contributed by atoms with E-state index in [0.717, 1.165) is 31.2 Å². The second kappa shape index (κ2) is 5.57. The first-order chi connectivity index (χ1) is 8.53. The number of nitrogens with two attached hydrogens (primary N) is 1. The highest BCUT2D eigenvalue weighted by molar-refractivity contribution is 7.89. The Hall–Kier alpha value is -0.620. The van der Waals surface area contributed by atoms with E-state index in [1.165, 1.54) is 6.07 Å². The van der Waals surface area contributed by atoms with Crippen LogP contribution in [0.5, 0.6) is 0 Å². The monoisotopic (exact) mass is 288 g/mol. The van der Waals surface area contributed by atoms with E-state index in [2.05, 4.69) is 4.72 Å². The molecule has 0 spiro atoms. The van der Waals surface area contributed by atoms with Crippen molar-refractivity contribution in [3.63, 3.8) is 0 Å². The predicted molar refractivity (Wildman–Crippen MR) is 71.9 cm³/mol. The van der Waals surface area contributed by atoms with Crippen molar-refractivity contribution in [3.05, 3.63) is 28.8 Å². The van der Waals surface area contributed by atoms with Crippen LogP contribution in [0.3, 0.4) is 0 Å². The Balaban J connectivity index is 2.21. The van der Waals surface area contributed by atoms with E-state index in [4.69, 9.17) is 17.3 Å². The Kier molecular flexibility index (Phi) is 4.27. The molecule has 0 aliphatic heterocycles. The first-order valence-corrected chi connectivity index (χ1v) is 7.90. The van der Waals surface area contributed by atoms with Crippen LogP contribution < -0.4 is 10.5 Å². The number of hydrogen-bond donors (Lipinski definition) is 2. The van der Waals surface area contributed by atoms with Crippen molar-refractivity contribution in [3.8, 4) is 0 Å². The molecule has 1 saturated carbocycles. The molecule has 0 amide bonds. The highest BCUT2D eigenvalue weighted by atomic mass is 35.5. The Bertz CT molecular complexity index is 525. The highest BCUT2D eigenvalue weighted by Gasteiger charge is 2.23. The summed E-state index contributed by atoms with van der Waals surface area (Å²) < 4.78 is 27.0. The molecular formula is C12H17ClN2O2S. The van der Waals surface area contributed by atoms with Crippen LogP contribution in [0.15, 0.2) is 23.1 Å². The van der Waals surface area contributed by atoms with Gasteiger partial charge >= 0.3 is 0 Å². The second-order valence-corrected chi connectivity index (χ2v) is 6.68. The lowest BCUT2D eigenvalue weighted by atomic mass is 10.2. The Morgan fingerprint density at radius 3 is 2.56 bits per heavy atom. The zero-order valence-corrected chi connectivity index (χ0v) is 11.6. The van der Waals surface area contributed by atoms with Gasteiger partial charge in [0.2, 0.25) is 10.0 Å². The summed E-state index contributed by atoms with van der Waals surface area (Å²) >= 11 is 5.98. The Morgan fingerprint density at radius 2 is 2.00 bits per heavy atom. The van der Waals surface area contributed by atoms with E-state index >= 15 is 0 Å². The smallest absolute Gasteiger partial charge is 0.240 e. The molecule has 100 valence electrons. The largest absolute Gasteiger partial charge is 0.326 e. The lowest BCUT2D eigenvalue weighted by molar-refractivity contribution is 0.552. The average Bonchev–Trinajstić information content (AvgIpc) is 2.81. The fourth-order valence-electron chi connectivity index (χ4n) is 2.19. The Morgan fingerprint density at radius 1 is 1.33 bits per heavy atom. The fraction of sp³-hybridized carbons (Fsp3) is 0.500. The topological polar surface area (TPSA) is 72.2 Å². The van der Waals surface area contributed by atoms with Gasteiger partial charge in [-0.3, -0.25) is 0 Å². The molecule has 6 heteroatoms. The number of hydrogen-bond acceptors (Lipinski definition) is 3. The molecular weight excluding hydrogens is 272 g/mol. The maximum absolute atomic E-state index is 12.1. The summed E-state index contributed by atoms with van der Waals surface area (Å²) in [5.74, 6) is 0. The lowest BCUT2D eigenvalue weighted by Gasteiger charge is -2.13. The summed E-state index contributed by atoms with van der Waals surface area (Å²) in [5.41, 5.74) is 6.24. The maximum Gasteiger partial charge on any atom is 0.240 e. The number of nitrogens with one attached hydrogen (secondary N) is 1. The van der Waals surface area contributed by atoms with E-state index in [9.17, 15) is 8.42 Å². The van der Waals surface area contributed by atoms with Crippen molar-refractivity contribution >= 4 is 21.6 Å². The van der Waals surface area contributed by atoms with Crippen molar-refractivity contribution < 1.29 is 8.42 Å². The summed E-state index contributed by atoms with van der Waals surface area (Å²) in [6.45, 7) is 0.301. The van der Waals surface area contributed by atoms with E-state index in [1.807, 2.05) is 0 Å². The zero-order chi connectivity index (χ0) is 13.2. The van der Waals surface area contributed by atoms with Crippen LogP contribution in [-0.2, 0) is 16.6 Å². The van der Waals surface area contributed by atoms with Crippen LogP contribution >= 0.6 is 11.6 Å². The third-order valence-electron chi connectivity index (χ3n) is 3.23. The van der Waals surface area contributed by atoms with Gasteiger partial charge in [-0.05, 0) is 30.5 Å². The third kappa shape index (κ3) is 3.03. The molecule has 1 aromatic rings. The fourth-order valence-corrected chi connectivity index (χ4v) is 3.85. The minimum absolute atomic E-state index is 0.0583. The minimum Gasteiger partial charge on any atom is -0.326 e. The first-order valence-electron chi connectivity index (χ1n) is 6.04. The van der Waals surface area contributed by atoms with Crippen molar-refractivity contribution in [2.75, 3.05) is 0 Å². The van der Waals surface area contributed by atoms with Gasteiger partial charge in [-0.1, -0.05) is 30.5 Å². The van der Waals surface area contributed by atoms with Crippen LogP contribution in [0.25, 0.3) is 0 Å². The zero-order valence-electron chi connectivity index (χ0n) is 10.0. The standard InChI is InChI=1S/C12H17ClN2O2S/c13-12-7-11(6-5-9(12)8-14)18(16,17)15-10-3-1-2-4-10/h5-7,10,15H,1-4,8,14H2. The van der Waals surface area contributed by atoms with E-state index in [0.29, 0.717) is 11.6 Å². The molecule has 1 aliphatic carbocycles. The van der Waals surface area contributed by atoms with Gasteiger partial charge in [0, 0.05) is 17.6 Å². The number of sulfonamides is 1. The normalized spacial score (nSPS) is 17.2. The second-order valence-electron chi connectivity index (χ2n) is 4.56. The quantitative estimate of drug-likeness (QED) is 0.890. The first kappa shape index (κ1) is 13.8. The summed E-state index contributed by atoms with van der Waals surface area (Å²) in [6, 6.07) is 4.72. The molecule has 2 rings (SSSR count). The van der Waals surface area contributed by atoms with E-state index in [-0.39, 0.29) is 10.9 Å². The van der Waals surface area contributed by atoms with Gasteiger partial charge < -0.3 is 5.73 Å². The summed E-state index contributed by atoms with van der Waals surface area (Å²) in [6.07, 6.45) is 3.99. The summed E-state index contributed by atoms with van der Waals surface area (Å²) in [7, 11) is -3.47. The molecule has 18 heavy (non-hydrogen) atoms. The number of benzene rings is 1. The van der Waals surface area contributed by atoms with Gasteiger partial charge in [0.25, 0.3) is 0 Å². The van der Waals surface area contributed by atoms with Gasteiger partial charge in [-0.2, -0.15) is 0 Å². The number of rotatable bonds is 4. The third-order valence-corrected chi connectivity index (χ3v) is 5.10. The van der Waals surface area contributed by atoms with Crippen LogP contribution in [0.1, 0.15) is 31.2 Å². The highest BCUT2D eigenvalue weighted by Crippen LogP contribution is 2.23. The summed E-state index contributed by atoms with van der Waals surface area (Å²) in [5, 5.41) is 0.395. The molecule has 0 saturated heterocycles. The predicted octanol–water partition coefficient (Wildman–Crippen LogP) is 2.02. The van der Waals surface area contributed by atoms with Crippen molar-refractivity contribution in [2.45, 2.75) is 43.2 Å². The molecule has 1 aromatic carbocycles. The lowest BCUT2D eigenvalue weighted by Crippen LogP contribution is -2.32. The number of halogens is 1. The Labute approximate surface area is 113 Å². The van der Waals surface area contributed by atoms with Crippen molar-refractivity contribution in [2.24, 2.45) is 5.73 Å². The SMILES string of the molecule is NCc1ccc(S(=O)(=O)NC2CCCC2)cc1Cl. The van der Waals surface area contributed by atoms with Crippen molar-refractivity contribution in [1.82, 2.24) is 4.72 Å². The van der Waals surface area contributed by atoms with Crippen molar-refractivity contribution in [1.29, 1.82) is 0 Å². The molecule has 0 bridgehead atoms. The van der Waals surface area contributed by atoms with Crippen LogP contribution in [0, 0.1) is 0 Å². The molecule has 3 N–H and O–H groups in total. The van der Waals surface area contributed by atoms with Gasteiger partial charge in [0.1, 0.15) is 0 Å². The minimum atomic E-state index is -3.47. The van der Waals surface area contributed by atoms with Gasteiger partial charge in [0.05, 0.1) is 4.90 Å². The van der Waals surface area contributed by atoms with E-state index < -0.39 is 10.0 Å². The molecule has 0 atom stereocenters. The molecule has 0 aromatic heterocycles. The molecule has 1 fully saturated rings. The van der Waals surface area contributed by atoms with Crippen LogP contribution in [-0.4, -0.2) is 14.5 Å². The molecule has 0 radical (unpaired) electrons. The van der Waals surface area contributed by atoms with Gasteiger partial charge in [-0.25, -0.2) is 13.1 Å². The summed E-state index contributed by atoms with van der Waals surface area (Å²) in [4.78, 5) is 0.205. The van der Waals surface area contributed by atoms with E-state index in [1.54, 1.807) is 12.1 Å². The average molecular weight is 289 g/mol. The molecule has 4 nitrogen and oxygen atoms in total. The molecule has 1 aliphatic rings. The maximum atomic E-state index is 12.1. The molecule has 0 unspecified atom stereocenters. The van der Waals surface area contributed by atoms with Gasteiger partial charge in [0.15, 0.2) is 0 Å². The molecule has 0 heterocycles. The van der Waals surface area contributed by atoms with Crippen LogP contribution in [0.4, 0.5) is 0 Å².